The van der Waals surface area contributed by atoms with Crippen LogP contribution in [-0.2, 0) is 13.6 Å². The molecule has 0 saturated carbocycles. The summed E-state index contributed by atoms with van der Waals surface area (Å²) in [5, 5.41) is 4.27. The summed E-state index contributed by atoms with van der Waals surface area (Å²) in [6.45, 7) is 7.67. The van der Waals surface area contributed by atoms with E-state index in [9.17, 15) is 9.59 Å². The smallest absolute Gasteiger partial charge is 0.274 e. The molecule has 1 aliphatic rings. The summed E-state index contributed by atoms with van der Waals surface area (Å²) in [6, 6.07) is 1.83. The Hall–Kier alpha value is -2.44. The van der Waals surface area contributed by atoms with E-state index in [2.05, 4.69) is 10.1 Å². The fourth-order valence-corrected chi connectivity index (χ4v) is 3.23. The average Bonchev–Trinajstić information content (AvgIpc) is 2.94. The number of carbonyl (C=O) groups is 1. The van der Waals surface area contributed by atoms with E-state index in [1.807, 2.05) is 38.8 Å². The first-order valence-corrected chi connectivity index (χ1v) is 8.69. The Bertz CT molecular complexity index is 824. The van der Waals surface area contributed by atoms with Crippen LogP contribution >= 0.6 is 0 Å². The largest absolute Gasteiger partial charge is 0.337 e. The van der Waals surface area contributed by atoms with Gasteiger partial charge in [-0.3, -0.25) is 18.8 Å². The lowest BCUT2D eigenvalue weighted by atomic mass is 9.96. The van der Waals surface area contributed by atoms with Gasteiger partial charge in [-0.1, -0.05) is 0 Å². The summed E-state index contributed by atoms with van der Waals surface area (Å²) in [4.78, 5) is 31.0. The highest BCUT2D eigenvalue weighted by Gasteiger charge is 2.25. The van der Waals surface area contributed by atoms with Crippen molar-refractivity contribution in [1.82, 2.24) is 24.2 Å². The van der Waals surface area contributed by atoms with Crippen LogP contribution in [0.2, 0.25) is 0 Å². The molecule has 0 atom stereocenters. The molecule has 1 saturated heterocycles. The van der Waals surface area contributed by atoms with Crippen molar-refractivity contribution in [3.63, 3.8) is 0 Å². The van der Waals surface area contributed by atoms with Gasteiger partial charge in [0.2, 0.25) is 0 Å². The van der Waals surface area contributed by atoms with Gasteiger partial charge in [-0.25, -0.2) is 4.98 Å². The monoisotopic (exact) mass is 343 g/mol. The van der Waals surface area contributed by atoms with Crippen molar-refractivity contribution in [3.8, 4) is 0 Å². The minimum Gasteiger partial charge on any atom is -0.337 e. The molecule has 1 fully saturated rings. The summed E-state index contributed by atoms with van der Waals surface area (Å²) in [5.74, 6) is 0.378. The Morgan fingerprint density at radius 1 is 1.24 bits per heavy atom. The first-order valence-electron chi connectivity index (χ1n) is 8.69. The second-order valence-corrected chi connectivity index (χ2v) is 6.94. The van der Waals surface area contributed by atoms with Gasteiger partial charge in [0.25, 0.3) is 11.5 Å². The van der Waals surface area contributed by atoms with Crippen molar-refractivity contribution < 1.29 is 4.79 Å². The van der Waals surface area contributed by atoms with Crippen molar-refractivity contribution in [2.75, 3.05) is 13.1 Å². The van der Waals surface area contributed by atoms with Gasteiger partial charge in [-0.05, 0) is 45.6 Å². The summed E-state index contributed by atoms with van der Waals surface area (Å²) >= 11 is 0. The zero-order chi connectivity index (χ0) is 18.1. The van der Waals surface area contributed by atoms with E-state index >= 15 is 0 Å². The topological polar surface area (TPSA) is 73.0 Å². The Morgan fingerprint density at radius 3 is 2.52 bits per heavy atom. The highest BCUT2D eigenvalue weighted by molar-refractivity contribution is 5.92. The predicted molar refractivity (Wildman–Crippen MR) is 94.5 cm³/mol. The zero-order valence-electron chi connectivity index (χ0n) is 15.3. The molecule has 0 bridgehead atoms. The van der Waals surface area contributed by atoms with Crippen LogP contribution in [0.4, 0.5) is 0 Å². The average molecular weight is 343 g/mol. The van der Waals surface area contributed by atoms with E-state index in [-0.39, 0.29) is 11.5 Å². The van der Waals surface area contributed by atoms with E-state index in [0.717, 1.165) is 24.2 Å². The van der Waals surface area contributed by atoms with Crippen LogP contribution in [-0.4, -0.2) is 43.2 Å². The number of aryl methyl sites for hydroxylation is 3. The maximum absolute atomic E-state index is 12.6. The number of nitrogens with zero attached hydrogens (tertiary/aromatic N) is 5. The molecule has 2 aromatic rings. The van der Waals surface area contributed by atoms with Crippen LogP contribution in [0.25, 0.3) is 0 Å². The van der Waals surface area contributed by atoms with Crippen molar-refractivity contribution in [2.24, 2.45) is 13.0 Å². The fourth-order valence-electron chi connectivity index (χ4n) is 3.23. The zero-order valence-corrected chi connectivity index (χ0v) is 15.3. The van der Waals surface area contributed by atoms with E-state index in [0.29, 0.717) is 36.8 Å². The van der Waals surface area contributed by atoms with Gasteiger partial charge >= 0.3 is 0 Å². The minimum atomic E-state index is -0.00726. The first-order chi connectivity index (χ1) is 11.9. The molecule has 7 nitrogen and oxygen atoms in total. The maximum Gasteiger partial charge on any atom is 0.274 e. The van der Waals surface area contributed by atoms with Crippen molar-refractivity contribution in [3.05, 3.63) is 45.4 Å². The molecule has 2 aromatic heterocycles. The van der Waals surface area contributed by atoms with Gasteiger partial charge in [0.15, 0.2) is 5.69 Å². The van der Waals surface area contributed by atoms with Gasteiger partial charge < -0.3 is 4.90 Å². The number of rotatable bonds is 3. The van der Waals surface area contributed by atoms with E-state index < -0.39 is 0 Å². The molecule has 3 heterocycles. The van der Waals surface area contributed by atoms with Crippen molar-refractivity contribution in [2.45, 2.75) is 40.2 Å². The number of aromatic nitrogens is 4. The van der Waals surface area contributed by atoms with Gasteiger partial charge in [-0.2, -0.15) is 5.10 Å². The minimum absolute atomic E-state index is 0.00726. The number of piperidine rings is 1. The lowest BCUT2D eigenvalue weighted by Gasteiger charge is -2.31. The van der Waals surface area contributed by atoms with Gasteiger partial charge in [0.1, 0.15) is 0 Å². The molecule has 0 aromatic carbocycles. The molecule has 0 spiro atoms. The molecular formula is C18H25N5O2. The van der Waals surface area contributed by atoms with Crippen LogP contribution in [0.1, 0.15) is 40.3 Å². The molecular weight excluding hydrogens is 318 g/mol. The van der Waals surface area contributed by atoms with Crippen LogP contribution in [0, 0.1) is 26.7 Å². The van der Waals surface area contributed by atoms with Crippen molar-refractivity contribution >= 4 is 5.91 Å². The maximum atomic E-state index is 12.6. The summed E-state index contributed by atoms with van der Waals surface area (Å²) in [6.07, 6.45) is 3.41. The molecule has 0 aliphatic carbocycles. The van der Waals surface area contributed by atoms with Gasteiger partial charge in [0, 0.05) is 43.6 Å². The summed E-state index contributed by atoms with van der Waals surface area (Å²) in [5.41, 5.74) is 3.01. The molecule has 0 N–H and O–H groups in total. The highest BCUT2D eigenvalue weighted by Crippen LogP contribution is 2.20. The lowest BCUT2D eigenvalue weighted by molar-refractivity contribution is 0.0675. The Morgan fingerprint density at radius 2 is 1.92 bits per heavy atom. The van der Waals surface area contributed by atoms with E-state index in [1.54, 1.807) is 15.6 Å². The normalized spacial score (nSPS) is 15.6. The number of hydrogen-bond acceptors (Lipinski definition) is 4. The number of hydrogen-bond donors (Lipinski definition) is 0. The standard InChI is InChI=1S/C18H25N5O2/c1-12-9-16(20-21(12)4)18(25)22-7-5-15(6-8-22)10-23-11-19-14(3)13(2)17(23)24/h9,11,15H,5-8,10H2,1-4H3. The molecule has 3 rings (SSSR count). The second-order valence-electron chi connectivity index (χ2n) is 6.94. The fraction of sp³-hybridized carbons (Fsp3) is 0.556. The molecule has 0 unspecified atom stereocenters. The third-order valence-electron chi connectivity index (χ3n) is 5.20. The Labute approximate surface area is 147 Å². The Kier molecular flexibility index (Phi) is 4.74. The third kappa shape index (κ3) is 3.50. The quantitative estimate of drug-likeness (QED) is 0.846. The lowest BCUT2D eigenvalue weighted by Crippen LogP contribution is -2.40. The van der Waals surface area contributed by atoms with Crippen molar-refractivity contribution in [1.29, 1.82) is 0 Å². The molecule has 1 aliphatic heterocycles. The molecule has 25 heavy (non-hydrogen) atoms. The summed E-state index contributed by atoms with van der Waals surface area (Å²) in [7, 11) is 1.84. The second kappa shape index (κ2) is 6.82. The van der Waals surface area contributed by atoms with Crippen LogP contribution < -0.4 is 5.56 Å². The van der Waals surface area contributed by atoms with E-state index in [1.165, 1.54) is 0 Å². The van der Waals surface area contributed by atoms with E-state index in [4.69, 9.17) is 0 Å². The van der Waals surface area contributed by atoms with Gasteiger partial charge in [-0.15, -0.1) is 0 Å². The highest BCUT2D eigenvalue weighted by atomic mass is 16.2. The molecule has 134 valence electrons. The van der Waals surface area contributed by atoms with Gasteiger partial charge in [0.05, 0.1) is 6.33 Å². The Balaban J connectivity index is 1.61. The molecule has 0 radical (unpaired) electrons. The van der Waals surface area contributed by atoms with Crippen LogP contribution in [0.3, 0.4) is 0 Å². The number of carbonyl (C=O) groups excluding carboxylic acids is 1. The molecule has 1 amide bonds. The molecule has 7 heteroatoms. The SMILES string of the molecule is Cc1ncn(CC2CCN(C(=O)c3cc(C)n(C)n3)CC2)c(=O)c1C. The predicted octanol–water partition coefficient (Wildman–Crippen LogP) is 1.45. The van der Waals surface area contributed by atoms with Crippen LogP contribution in [0.15, 0.2) is 17.2 Å². The van der Waals surface area contributed by atoms with Crippen LogP contribution in [0.5, 0.6) is 0 Å². The first kappa shape index (κ1) is 17.4. The number of likely N-dealkylation sites (tertiary alicyclic amines) is 1. The third-order valence-corrected chi connectivity index (χ3v) is 5.20. The summed E-state index contributed by atoms with van der Waals surface area (Å²) < 4.78 is 3.42. The number of amides is 1.